The molecule has 1 saturated carbocycles. The maximum Gasteiger partial charge on any atom is 0.0113 e. The van der Waals surface area contributed by atoms with Crippen LogP contribution in [0.15, 0.2) is 0 Å². The minimum Gasteiger partial charge on any atom is -0.304 e. The third-order valence-electron chi connectivity index (χ3n) is 4.78. The molecule has 2 fully saturated rings. The second-order valence-corrected chi connectivity index (χ2v) is 6.46. The van der Waals surface area contributed by atoms with Gasteiger partial charge < -0.3 is 4.90 Å². The van der Waals surface area contributed by atoms with Crippen LogP contribution in [0, 0.1) is 11.8 Å². The van der Waals surface area contributed by atoms with E-state index in [1.54, 1.807) is 0 Å². The Morgan fingerprint density at radius 3 is 2.35 bits per heavy atom. The summed E-state index contributed by atoms with van der Waals surface area (Å²) in [5, 5.41) is 0. The first-order valence-electron chi connectivity index (χ1n) is 7.61. The summed E-state index contributed by atoms with van der Waals surface area (Å²) in [4.78, 5) is 5.19. The molecule has 1 unspecified atom stereocenters. The Bertz CT molecular complexity index is 215. The second-order valence-electron chi connectivity index (χ2n) is 6.46. The first-order valence-corrected chi connectivity index (χ1v) is 7.61. The lowest BCUT2D eigenvalue weighted by Gasteiger charge is -2.46. The Balaban J connectivity index is 1.62. The monoisotopic (exact) mass is 238 g/mol. The van der Waals surface area contributed by atoms with Crippen LogP contribution in [0.1, 0.15) is 46.0 Å². The lowest BCUT2D eigenvalue weighted by molar-refractivity contribution is 0.0325. The molecule has 2 heteroatoms. The Morgan fingerprint density at radius 1 is 1.12 bits per heavy atom. The summed E-state index contributed by atoms with van der Waals surface area (Å²) in [7, 11) is 2.24. The van der Waals surface area contributed by atoms with Crippen molar-refractivity contribution in [3.8, 4) is 0 Å². The molecule has 100 valence electrons. The highest BCUT2D eigenvalue weighted by Gasteiger charge is 2.34. The van der Waals surface area contributed by atoms with Crippen LogP contribution >= 0.6 is 0 Å². The van der Waals surface area contributed by atoms with E-state index in [1.165, 1.54) is 58.3 Å². The number of hydrogen-bond donors (Lipinski definition) is 0. The average molecular weight is 238 g/mol. The first-order chi connectivity index (χ1) is 8.19. The fourth-order valence-corrected chi connectivity index (χ4v) is 3.56. The molecular formula is C15H30N2. The van der Waals surface area contributed by atoms with E-state index in [0.29, 0.717) is 0 Å². The minimum atomic E-state index is 0.933. The molecule has 1 heterocycles. The molecule has 0 aromatic carbocycles. The molecule has 2 aliphatic rings. The summed E-state index contributed by atoms with van der Waals surface area (Å²) in [6.45, 7) is 9.90. The molecule has 1 atom stereocenters. The van der Waals surface area contributed by atoms with Gasteiger partial charge in [0.15, 0.2) is 0 Å². The largest absolute Gasteiger partial charge is 0.304 e. The third kappa shape index (κ3) is 3.69. The zero-order chi connectivity index (χ0) is 12.3. The molecule has 0 N–H and O–H groups in total. The summed E-state index contributed by atoms with van der Waals surface area (Å²) in [5.74, 6) is 2.00. The van der Waals surface area contributed by atoms with Gasteiger partial charge in [-0.1, -0.05) is 26.7 Å². The Hall–Kier alpha value is -0.0800. The van der Waals surface area contributed by atoms with Crippen molar-refractivity contribution in [2.24, 2.45) is 11.8 Å². The predicted molar refractivity (Wildman–Crippen MR) is 74.3 cm³/mol. The van der Waals surface area contributed by atoms with Crippen LogP contribution in [0.4, 0.5) is 0 Å². The van der Waals surface area contributed by atoms with E-state index in [9.17, 15) is 0 Å². The van der Waals surface area contributed by atoms with E-state index >= 15 is 0 Å². The summed E-state index contributed by atoms with van der Waals surface area (Å²) in [6, 6.07) is 0.933. The van der Waals surface area contributed by atoms with E-state index in [-0.39, 0.29) is 0 Å². The smallest absolute Gasteiger partial charge is 0.0113 e. The standard InChI is InChI=1S/C15H30N2/c1-4-5-13(2)10-14-11-15(12-14)17-8-6-16(3)7-9-17/h13-15H,4-12H2,1-3H3. The number of hydrogen-bond acceptors (Lipinski definition) is 2. The number of rotatable bonds is 5. The average Bonchev–Trinajstić information content (AvgIpc) is 2.25. The molecule has 1 saturated heterocycles. The van der Waals surface area contributed by atoms with E-state index < -0.39 is 0 Å². The van der Waals surface area contributed by atoms with Gasteiger partial charge >= 0.3 is 0 Å². The van der Waals surface area contributed by atoms with Gasteiger partial charge in [0.25, 0.3) is 0 Å². The molecule has 0 spiro atoms. The number of piperazine rings is 1. The SMILES string of the molecule is CCCC(C)CC1CC(N2CCN(C)CC2)C1. The van der Waals surface area contributed by atoms with Gasteiger partial charge in [-0.2, -0.15) is 0 Å². The molecule has 0 aromatic heterocycles. The van der Waals surface area contributed by atoms with Crippen LogP contribution < -0.4 is 0 Å². The van der Waals surface area contributed by atoms with Crippen molar-refractivity contribution in [1.29, 1.82) is 0 Å². The maximum absolute atomic E-state index is 2.74. The molecule has 1 aliphatic heterocycles. The molecule has 0 radical (unpaired) electrons. The van der Waals surface area contributed by atoms with Crippen LogP contribution in [0.5, 0.6) is 0 Å². The van der Waals surface area contributed by atoms with E-state index in [4.69, 9.17) is 0 Å². The van der Waals surface area contributed by atoms with Crippen molar-refractivity contribution in [3.63, 3.8) is 0 Å². The van der Waals surface area contributed by atoms with Crippen molar-refractivity contribution in [3.05, 3.63) is 0 Å². The molecule has 17 heavy (non-hydrogen) atoms. The van der Waals surface area contributed by atoms with Crippen molar-refractivity contribution < 1.29 is 0 Å². The van der Waals surface area contributed by atoms with Gasteiger partial charge in [0.05, 0.1) is 0 Å². The Kier molecular flexibility index (Phi) is 4.87. The van der Waals surface area contributed by atoms with Crippen LogP contribution in [0.2, 0.25) is 0 Å². The fourth-order valence-electron chi connectivity index (χ4n) is 3.56. The zero-order valence-corrected chi connectivity index (χ0v) is 12.0. The third-order valence-corrected chi connectivity index (χ3v) is 4.78. The summed E-state index contributed by atoms with van der Waals surface area (Å²) in [5.41, 5.74) is 0. The van der Waals surface area contributed by atoms with Crippen LogP contribution in [-0.4, -0.2) is 49.1 Å². The summed E-state index contributed by atoms with van der Waals surface area (Å²) < 4.78 is 0. The Morgan fingerprint density at radius 2 is 1.76 bits per heavy atom. The molecule has 2 rings (SSSR count). The van der Waals surface area contributed by atoms with Crippen LogP contribution in [-0.2, 0) is 0 Å². The maximum atomic E-state index is 2.74. The topological polar surface area (TPSA) is 6.48 Å². The number of nitrogens with zero attached hydrogens (tertiary/aromatic N) is 2. The normalized spacial score (nSPS) is 33.4. The van der Waals surface area contributed by atoms with E-state index in [2.05, 4.69) is 30.7 Å². The highest BCUT2D eigenvalue weighted by atomic mass is 15.3. The lowest BCUT2D eigenvalue weighted by atomic mass is 9.74. The van der Waals surface area contributed by atoms with Gasteiger partial charge in [-0.15, -0.1) is 0 Å². The van der Waals surface area contributed by atoms with Gasteiger partial charge in [0, 0.05) is 32.2 Å². The van der Waals surface area contributed by atoms with Crippen molar-refractivity contribution in [2.45, 2.75) is 52.0 Å². The Labute approximate surface area is 107 Å². The van der Waals surface area contributed by atoms with Crippen molar-refractivity contribution >= 4 is 0 Å². The predicted octanol–water partition coefficient (Wildman–Crippen LogP) is 2.84. The second kappa shape index (κ2) is 6.19. The lowest BCUT2D eigenvalue weighted by Crippen LogP contribution is -2.53. The molecule has 0 aromatic rings. The minimum absolute atomic E-state index is 0.933. The molecule has 0 amide bonds. The van der Waals surface area contributed by atoms with Gasteiger partial charge in [0.1, 0.15) is 0 Å². The van der Waals surface area contributed by atoms with Crippen LogP contribution in [0.3, 0.4) is 0 Å². The van der Waals surface area contributed by atoms with Gasteiger partial charge in [-0.25, -0.2) is 0 Å². The highest BCUT2D eigenvalue weighted by Crippen LogP contribution is 2.37. The van der Waals surface area contributed by atoms with Crippen molar-refractivity contribution in [1.82, 2.24) is 9.80 Å². The molecule has 1 aliphatic carbocycles. The summed E-state index contributed by atoms with van der Waals surface area (Å²) >= 11 is 0. The van der Waals surface area contributed by atoms with Gasteiger partial charge in [-0.05, 0) is 38.1 Å². The first kappa shape index (κ1) is 13.4. The van der Waals surface area contributed by atoms with Crippen LogP contribution in [0.25, 0.3) is 0 Å². The highest BCUT2D eigenvalue weighted by molar-refractivity contribution is 4.89. The fraction of sp³-hybridized carbons (Fsp3) is 1.00. The van der Waals surface area contributed by atoms with Gasteiger partial charge in [-0.3, -0.25) is 4.90 Å². The summed E-state index contributed by atoms with van der Waals surface area (Å²) in [6.07, 6.45) is 7.24. The molecule has 2 nitrogen and oxygen atoms in total. The van der Waals surface area contributed by atoms with Gasteiger partial charge in [0.2, 0.25) is 0 Å². The molecule has 0 bridgehead atoms. The zero-order valence-electron chi connectivity index (χ0n) is 12.0. The quantitative estimate of drug-likeness (QED) is 0.727. The molecular weight excluding hydrogens is 208 g/mol. The van der Waals surface area contributed by atoms with Crippen molar-refractivity contribution in [2.75, 3.05) is 33.2 Å². The van der Waals surface area contributed by atoms with E-state index in [1.807, 2.05) is 0 Å². The van der Waals surface area contributed by atoms with E-state index in [0.717, 1.165) is 17.9 Å². The number of likely N-dealkylation sites (N-methyl/N-ethyl adjacent to an activating group) is 1.